The third kappa shape index (κ3) is 4.84. The van der Waals surface area contributed by atoms with Crippen LogP contribution in [0.3, 0.4) is 0 Å². The number of fused-ring (bicyclic) bond motifs is 10. The molecule has 0 aliphatic carbocycles. The van der Waals surface area contributed by atoms with Crippen molar-refractivity contribution in [3.63, 3.8) is 0 Å². The van der Waals surface area contributed by atoms with Gasteiger partial charge in [0.25, 0.3) is 0 Å². The maximum atomic E-state index is 2.36. The molecule has 2 heteroatoms. The Balaban J connectivity index is 1.11. The first-order chi connectivity index (χ1) is 29.8. The zero-order valence-corrected chi connectivity index (χ0v) is 34.1. The maximum absolute atomic E-state index is 2.36. The molecule has 278 valence electrons. The van der Waals surface area contributed by atoms with E-state index in [1.807, 2.05) is 22.7 Å². The Labute approximate surface area is 354 Å². The van der Waals surface area contributed by atoms with Crippen LogP contribution in [0.4, 0.5) is 0 Å². The minimum Gasteiger partial charge on any atom is -0.135 e. The van der Waals surface area contributed by atoms with Crippen LogP contribution in [-0.2, 0) is 0 Å². The molecule has 0 atom stereocenters. The molecule has 0 bridgehead atoms. The zero-order valence-electron chi connectivity index (χ0n) is 32.4. The van der Waals surface area contributed by atoms with Crippen molar-refractivity contribution in [3.8, 4) is 44.5 Å². The molecule has 0 fully saturated rings. The lowest BCUT2D eigenvalue weighted by Crippen LogP contribution is -1.91. The molecule has 0 radical (unpaired) electrons. The van der Waals surface area contributed by atoms with Gasteiger partial charge < -0.3 is 0 Å². The first-order valence-corrected chi connectivity index (χ1v) is 22.2. The predicted molar refractivity (Wildman–Crippen MR) is 264 cm³/mol. The average molecular weight is 795 g/mol. The van der Waals surface area contributed by atoms with E-state index in [1.165, 1.54) is 128 Å². The van der Waals surface area contributed by atoms with Gasteiger partial charge in [-0.05, 0) is 88.6 Å². The fraction of sp³-hybridized carbons (Fsp3) is 0. The average Bonchev–Trinajstić information content (AvgIpc) is 3.90. The molecule has 11 aromatic carbocycles. The Kier molecular flexibility index (Phi) is 7.45. The van der Waals surface area contributed by atoms with Crippen molar-refractivity contribution in [2.75, 3.05) is 0 Å². The molecule has 13 rings (SSSR count). The van der Waals surface area contributed by atoms with Crippen molar-refractivity contribution in [3.05, 3.63) is 206 Å². The van der Waals surface area contributed by atoms with Crippen LogP contribution >= 0.6 is 22.7 Å². The summed E-state index contributed by atoms with van der Waals surface area (Å²) in [5, 5.41) is 15.5. The normalized spacial score (nSPS) is 12.0. The lowest BCUT2D eigenvalue weighted by molar-refractivity contribution is 1.67. The molecule has 0 unspecified atom stereocenters. The second-order valence-electron chi connectivity index (χ2n) is 15.8. The maximum Gasteiger partial charge on any atom is 0.0434 e. The molecule has 2 heterocycles. The minimum atomic E-state index is 1.24. The summed E-state index contributed by atoms with van der Waals surface area (Å²) in [7, 11) is 0. The third-order valence-electron chi connectivity index (χ3n) is 12.7. The van der Waals surface area contributed by atoms with Crippen molar-refractivity contribution in [1.29, 1.82) is 0 Å². The van der Waals surface area contributed by atoms with E-state index >= 15 is 0 Å². The summed E-state index contributed by atoms with van der Waals surface area (Å²) < 4.78 is 5.30. The van der Waals surface area contributed by atoms with Gasteiger partial charge in [-0.2, -0.15) is 0 Å². The van der Waals surface area contributed by atoms with Crippen LogP contribution in [0.25, 0.3) is 128 Å². The molecule has 0 nitrogen and oxygen atoms in total. The largest absolute Gasteiger partial charge is 0.135 e. The Hall–Kier alpha value is -7.10. The molecule has 0 aliphatic heterocycles. The van der Waals surface area contributed by atoms with Crippen molar-refractivity contribution in [1.82, 2.24) is 0 Å². The van der Waals surface area contributed by atoms with Crippen LogP contribution in [0.15, 0.2) is 206 Å². The monoisotopic (exact) mass is 794 g/mol. The van der Waals surface area contributed by atoms with Crippen molar-refractivity contribution < 1.29 is 0 Å². The highest BCUT2D eigenvalue weighted by Gasteiger charge is 2.23. The summed E-state index contributed by atoms with van der Waals surface area (Å²) >= 11 is 3.83. The van der Waals surface area contributed by atoms with Gasteiger partial charge in [-0.15, -0.1) is 22.7 Å². The summed E-state index contributed by atoms with van der Waals surface area (Å²) in [6.45, 7) is 0. The number of hydrogen-bond acceptors (Lipinski definition) is 2. The van der Waals surface area contributed by atoms with Gasteiger partial charge in [0.2, 0.25) is 0 Å². The van der Waals surface area contributed by atoms with Crippen molar-refractivity contribution >= 4 is 106 Å². The Morgan fingerprint density at radius 2 is 0.567 bits per heavy atom. The highest BCUT2D eigenvalue weighted by molar-refractivity contribution is 7.26. The first kappa shape index (κ1) is 33.8. The Bertz CT molecular complexity index is 3770. The second kappa shape index (κ2) is 13.2. The van der Waals surface area contributed by atoms with Gasteiger partial charge in [0.05, 0.1) is 0 Å². The fourth-order valence-corrected chi connectivity index (χ4v) is 12.7. The van der Waals surface area contributed by atoms with Gasteiger partial charge in [0.15, 0.2) is 0 Å². The molecule has 0 N–H and O–H groups in total. The molecule has 0 aliphatic rings. The Morgan fingerprint density at radius 1 is 0.217 bits per heavy atom. The van der Waals surface area contributed by atoms with Crippen LogP contribution in [-0.4, -0.2) is 0 Å². The molecule has 13 aromatic rings. The minimum absolute atomic E-state index is 1.24. The SMILES string of the molecule is c1ccc(-c2c3ccccc3c(-c3cccc4c3sc3cccc(-c5c6ccccc6c(-c6cccc7c6sc6ccccc67)c6ccccc56)c34)c3ccccc23)cc1. The molecule has 0 saturated carbocycles. The molecule has 0 spiro atoms. The van der Waals surface area contributed by atoms with E-state index in [2.05, 4.69) is 206 Å². The molecular weight excluding hydrogens is 761 g/mol. The highest BCUT2D eigenvalue weighted by atomic mass is 32.1. The van der Waals surface area contributed by atoms with E-state index < -0.39 is 0 Å². The van der Waals surface area contributed by atoms with E-state index in [1.54, 1.807) is 0 Å². The number of benzene rings is 11. The third-order valence-corrected chi connectivity index (χ3v) is 15.1. The molecule has 2 aromatic heterocycles. The molecule has 0 saturated heterocycles. The van der Waals surface area contributed by atoms with Crippen LogP contribution < -0.4 is 0 Å². The van der Waals surface area contributed by atoms with E-state index in [0.717, 1.165) is 0 Å². The van der Waals surface area contributed by atoms with Gasteiger partial charge >= 0.3 is 0 Å². The van der Waals surface area contributed by atoms with Crippen molar-refractivity contribution in [2.45, 2.75) is 0 Å². The fourth-order valence-electron chi connectivity index (χ4n) is 10.2. The van der Waals surface area contributed by atoms with E-state index in [9.17, 15) is 0 Å². The van der Waals surface area contributed by atoms with E-state index in [4.69, 9.17) is 0 Å². The lowest BCUT2D eigenvalue weighted by atomic mass is 9.84. The second-order valence-corrected chi connectivity index (χ2v) is 17.9. The summed E-state index contributed by atoms with van der Waals surface area (Å²) in [5.74, 6) is 0. The standard InChI is InChI=1S/C58H34S2/c1-2-17-35(18-3-1)52-37-20-4-6-22-39(37)54(40-23-7-5-21-38(40)52)48-31-15-32-49-56-46(29-16-34-51(56)60-58(48)49)53-41-24-8-10-26-43(41)55(44-27-11-9-25-42(44)53)47-30-14-28-45-36-19-12-13-33-50(36)59-57(45)47/h1-34H. The summed E-state index contributed by atoms with van der Waals surface area (Å²) in [6, 6.07) is 76.7. The van der Waals surface area contributed by atoms with Gasteiger partial charge in [-0.25, -0.2) is 0 Å². The quantitative estimate of drug-likeness (QED) is 0.156. The van der Waals surface area contributed by atoms with Gasteiger partial charge in [-0.1, -0.05) is 194 Å². The first-order valence-electron chi connectivity index (χ1n) is 20.6. The van der Waals surface area contributed by atoms with Crippen LogP contribution in [0.2, 0.25) is 0 Å². The van der Waals surface area contributed by atoms with Crippen LogP contribution in [0, 0.1) is 0 Å². The summed E-state index contributed by atoms with van der Waals surface area (Å²) in [5.41, 5.74) is 10.3. The Morgan fingerprint density at radius 3 is 1.12 bits per heavy atom. The number of rotatable bonds is 4. The van der Waals surface area contributed by atoms with Gasteiger partial charge in [-0.3, -0.25) is 0 Å². The lowest BCUT2D eigenvalue weighted by Gasteiger charge is -2.19. The van der Waals surface area contributed by atoms with Gasteiger partial charge in [0.1, 0.15) is 0 Å². The summed E-state index contributed by atoms with van der Waals surface area (Å²) in [6.07, 6.45) is 0. The molecule has 60 heavy (non-hydrogen) atoms. The molecule has 0 amide bonds. The van der Waals surface area contributed by atoms with Gasteiger partial charge in [0, 0.05) is 51.5 Å². The van der Waals surface area contributed by atoms with E-state index in [0.29, 0.717) is 0 Å². The summed E-state index contributed by atoms with van der Waals surface area (Å²) in [4.78, 5) is 0. The topological polar surface area (TPSA) is 0 Å². The number of hydrogen-bond donors (Lipinski definition) is 0. The highest BCUT2D eigenvalue weighted by Crippen LogP contribution is 2.52. The predicted octanol–water partition coefficient (Wildman–Crippen LogP) is 17.7. The van der Waals surface area contributed by atoms with E-state index in [-0.39, 0.29) is 0 Å². The molecular formula is C58H34S2. The smallest absolute Gasteiger partial charge is 0.0434 e. The van der Waals surface area contributed by atoms with Crippen LogP contribution in [0.1, 0.15) is 0 Å². The van der Waals surface area contributed by atoms with Crippen LogP contribution in [0.5, 0.6) is 0 Å². The zero-order chi connectivity index (χ0) is 39.3. The number of thiophene rings is 2. The van der Waals surface area contributed by atoms with Crippen molar-refractivity contribution in [2.24, 2.45) is 0 Å².